The zero-order valence-corrected chi connectivity index (χ0v) is 14.9. The highest BCUT2D eigenvalue weighted by atomic mass is 16.5. The SMILES string of the molecule is NCCN1C(=O)CC[C@H]2CN(Cc3nc(-c4ccccc4)no3)CC[C@H]21. The number of fused-ring (bicyclic) bond motifs is 1. The lowest BCUT2D eigenvalue weighted by atomic mass is 9.83. The van der Waals surface area contributed by atoms with Crippen molar-refractivity contribution in [2.45, 2.75) is 31.8 Å². The van der Waals surface area contributed by atoms with Crippen molar-refractivity contribution in [1.82, 2.24) is 19.9 Å². The second-order valence-corrected chi connectivity index (χ2v) is 7.14. The Morgan fingerprint density at radius 3 is 2.88 bits per heavy atom. The van der Waals surface area contributed by atoms with Crippen molar-refractivity contribution in [1.29, 1.82) is 0 Å². The van der Waals surface area contributed by atoms with Crippen LogP contribution in [0.1, 0.15) is 25.2 Å². The molecule has 138 valence electrons. The van der Waals surface area contributed by atoms with E-state index in [2.05, 4.69) is 15.0 Å². The maximum Gasteiger partial charge on any atom is 0.241 e. The van der Waals surface area contributed by atoms with Gasteiger partial charge in [-0.3, -0.25) is 9.69 Å². The summed E-state index contributed by atoms with van der Waals surface area (Å²) >= 11 is 0. The largest absolute Gasteiger partial charge is 0.338 e. The number of hydrogen-bond donors (Lipinski definition) is 1. The first-order valence-electron chi connectivity index (χ1n) is 9.34. The number of nitrogens with two attached hydrogens (primary N) is 1. The van der Waals surface area contributed by atoms with E-state index in [1.54, 1.807) is 0 Å². The molecule has 2 fully saturated rings. The first kappa shape index (κ1) is 17.2. The summed E-state index contributed by atoms with van der Waals surface area (Å²) in [6.45, 7) is 3.75. The van der Waals surface area contributed by atoms with Crippen LogP contribution < -0.4 is 5.73 Å². The third-order valence-corrected chi connectivity index (χ3v) is 5.46. The molecule has 7 nitrogen and oxygen atoms in total. The van der Waals surface area contributed by atoms with Crippen LogP contribution in [0.4, 0.5) is 0 Å². The molecule has 2 saturated heterocycles. The predicted molar refractivity (Wildman–Crippen MR) is 96.9 cm³/mol. The molecule has 2 N–H and O–H groups in total. The number of piperidine rings is 2. The molecular formula is C19H25N5O2. The van der Waals surface area contributed by atoms with Crippen LogP contribution >= 0.6 is 0 Å². The fraction of sp³-hybridized carbons (Fsp3) is 0.526. The highest BCUT2D eigenvalue weighted by Gasteiger charge is 2.39. The number of amides is 1. The summed E-state index contributed by atoms with van der Waals surface area (Å²) in [4.78, 5) is 21.1. The molecule has 0 saturated carbocycles. The van der Waals surface area contributed by atoms with E-state index in [1.165, 1.54) is 0 Å². The molecule has 3 heterocycles. The summed E-state index contributed by atoms with van der Waals surface area (Å²) in [6, 6.07) is 10.2. The van der Waals surface area contributed by atoms with Crippen LogP contribution in [0.3, 0.4) is 0 Å². The first-order chi connectivity index (χ1) is 12.7. The molecule has 0 aliphatic carbocycles. The van der Waals surface area contributed by atoms with Crippen LogP contribution in [0.2, 0.25) is 0 Å². The standard InChI is InChI=1S/C19H25N5O2/c20-9-11-24-16-8-10-23(12-15(16)6-7-18(24)25)13-17-21-19(22-26-17)14-4-2-1-3-5-14/h1-5,15-16H,6-13,20H2/t15-,16+/m0/s1. The van der Waals surface area contributed by atoms with Gasteiger partial charge in [0.1, 0.15) is 0 Å². The minimum absolute atomic E-state index is 0.259. The molecule has 7 heteroatoms. The summed E-state index contributed by atoms with van der Waals surface area (Å²) in [7, 11) is 0. The fourth-order valence-electron chi connectivity index (χ4n) is 4.21. The van der Waals surface area contributed by atoms with E-state index < -0.39 is 0 Å². The van der Waals surface area contributed by atoms with Crippen molar-refractivity contribution < 1.29 is 9.32 Å². The Morgan fingerprint density at radius 1 is 1.23 bits per heavy atom. The van der Waals surface area contributed by atoms with Gasteiger partial charge in [-0.2, -0.15) is 4.98 Å². The molecule has 0 unspecified atom stereocenters. The number of carbonyl (C=O) groups is 1. The van der Waals surface area contributed by atoms with E-state index in [9.17, 15) is 4.79 Å². The van der Waals surface area contributed by atoms with E-state index in [4.69, 9.17) is 10.3 Å². The lowest BCUT2D eigenvalue weighted by Crippen LogP contribution is -2.56. The number of rotatable bonds is 5. The van der Waals surface area contributed by atoms with Crippen LogP contribution in [0, 0.1) is 5.92 Å². The fourth-order valence-corrected chi connectivity index (χ4v) is 4.21. The Hall–Kier alpha value is -2.25. The number of benzene rings is 1. The van der Waals surface area contributed by atoms with Crippen molar-refractivity contribution in [2.75, 3.05) is 26.2 Å². The van der Waals surface area contributed by atoms with Gasteiger partial charge in [0, 0.05) is 44.2 Å². The molecule has 0 spiro atoms. The minimum Gasteiger partial charge on any atom is -0.338 e. The average molecular weight is 355 g/mol. The summed E-state index contributed by atoms with van der Waals surface area (Å²) in [6.07, 6.45) is 2.57. The second-order valence-electron chi connectivity index (χ2n) is 7.14. The molecular weight excluding hydrogens is 330 g/mol. The van der Waals surface area contributed by atoms with E-state index in [-0.39, 0.29) is 5.91 Å². The highest BCUT2D eigenvalue weighted by Crippen LogP contribution is 2.31. The van der Waals surface area contributed by atoms with Gasteiger partial charge >= 0.3 is 0 Å². The molecule has 0 radical (unpaired) electrons. The molecule has 0 bridgehead atoms. The summed E-state index contributed by atoms with van der Waals surface area (Å²) in [5.41, 5.74) is 6.65. The van der Waals surface area contributed by atoms with Gasteiger partial charge in [-0.05, 0) is 18.8 Å². The van der Waals surface area contributed by atoms with Crippen molar-refractivity contribution in [2.24, 2.45) is 11.7 Å². The monoisotopic (exact) mass is 355 g/mol. The van der Waals surface area contributed by atoms with Crippen molar-refractivity contribution >= 4 is 5.91 Å². The average Bonchev–Trinajstić information content (AvgIpc) is 3.13. The summed E-state index contributed by atoms with van der Waals surface area (Å²) < 4.78 is 5.45. The van der Waals surface area contributed by atoms with E-state index in [0.717, 1.165) is 31.5 Å². The molecule has 1 amide bonds. The van der Waals surface area contributed by atoms with Gasteiger partial charge in [0.2, 0.25) is 17.6 Å². The maximum atomic E-state index is 12.2. The van der Waals surface area contributed by atoms with Crippen molar-refractivity contribution in [3.05, 3.63) is 36.2 Å². The van der Waals surface area contributed by atoms with Crippen molar-refractivity contribution in [3.63, 3.8) is 0 Å². The predicted octanol–water partition coefficient (Wildman–Crippen LogP) is 1.51. The third kappa shape index (κ3) is 3.50. The molecule has 4 rings (SSSR count). The molecule has 2 atom stereocenters. The van der Waals surface area contributed by atoms with Gasteiger partial charge in [-0.25, -0.2) is 0 Å². The van der Waals surface area contributed by atoms with Crippen LogP contribution in [-0.2, 0) is 11.3 Å². The molecule has 1 aromatic heterocycles. The Balaban J connectivity index is 1.39. The van der Waals surface area contributed by atoms with Gasteiger partial charge in [0.15, 0.2) is 0 Å². The van der Waals surface area contributed by atoms with Gasteiger partial charge in [0.25, 0.3) is 0 Å². The second kappa shape index (κ2) is 7.55. The number of aromatic nitrogens is 2. The van der Waals surface area contributed by atoms with Gasteiger partial charge < -0.3 is 15.2 Å². The van der Waals surface area contributed by atoms with Gasteiger partial charge in [-0.1, -0.05) is 35.5 Å². The van der Waals surface area contributed by atoms with Crippen LogP contribution in [0.15, 0.2) is 34.9 Å². The number of likely N-dealkylation sites (tertiary alicyclic amines) is 2. The molecule has 2 aliphatic heterocycles. The Kier molecular flexibility index (Phi) is 4.99. The lowest BCUT2D eigenvalue weighted by Gasteiger charge is -2.46. The van der Waals surface area contributed by atoms with Crippen LogP contribution in [0.25, 0.3) is 11.4 Å². The summed E-state index contributed by atoms with van der Waals surface area (Å²) in [5, 5.41) is 4.10. The van der Waals surface area contributed by atoms with Crippen molar-refractivity contribution in [3.8, 4) is 11.4 Å². The van der Waals surface area contributed by atoms with E-state index in [1.807, 2.05) is 35.2 Å². The Labute approximate surface area is 153 Å². The van der Waals surface area contributed by atoms with E-state index in [0.29, 0.717) is 49.7 Å². The minimum atomic E-state index is 0.259. The molecule has 1 aromatic carbocycles. The van der Waals surface area contributed by atoms with Crippen LogP contribution in [-0.4, -0.2) is 58.1 Å². The zero-order chi connectivity index (χ0) is 17.9. The smallest absolute Gasteiger partial charge is 0.241 e. The maximum absolute atomic E-state index is 12.2. The highest BCUT2D eigenvalue weighted by molar-refractivity contribution is 5.77. The van der Waals surface area contributed by atoms with E-state index >= 15 is 0 Å². The third-order valence-electron chi connectivity index (χ3n) is 5.46. The zero-order valence-electron chi connectivity index (χ0n) is 14.9. The number of nitrogens with zero attached hydrogens (tertiary/aromatic N) is 4. The summed E-state index contributed by atoms with van der Waals surface area (Å²) in [5.74, 6) is 2.04. The molecule has 2 aromatic rings. The topological polar surface area (TPSA) is 88.5 Å². The Bertz CT molecular complexity index is 747. The van der Waals surface area contributed by atoms with Gasteiger partial charge in [0.05, 0.1) is 6.54 Å². The quantitative estimate of drug-likeness (QED) is 0.875. The molecule has 26 heavy (non-hydrogen) atoms. The Morgan fingerprint density at radius 2 is 2.08 bits per heavy atom. The normalized spacial score (nSPS) is 23.9. The van der Waals surface area contributed by atoms with Crippen LogP contribution in [0.5, 0.6) is 0 Å². The number of hydrogen-bond acceptors (Lipinski definition) is 6. The number of carbonyl (C=O) groups excluding carboxylic acids is 1. The first-order valence-corrected chi connectivity index (χ1v) is 9.34. The molecule has 2 aliphatic rings. The lowest BCUT2D eigenvalue weighted by molar-refractivity contribution is -0.141. The van der Waals surface area contributed by atoms with Gasteiger partial charge in [-0.15, -0.1) is 0 Å².